The minimum atomic E-state index is -0.346. The molecule has 1 amide bonds. The molecule has 1 saturated heterocycles. The molecule has 0 spiro atoms. The fourth-order valence-electron chi connectivity index (χ4n) is 4.22. The highest BCUT2D eigenvalue weighted by atomic mass is 16.5. The molecule has 3 aliphatic rings. The van der Waals surface area contributed by atoms with Gasteiger partial charge in [0.2, 0.25) is 0 Å². The highest BCUT2D eigenvalue weighted by molar-refractivity contribution is 6.10. The summed E-state index contributed by atoms with van der Waals surface area (Å²) in [6.45, 7) is 7.02. The standard InChI is InChI=1S/C23H32N4O3/c1-4-26-13-18(14-26)30-22-19(16(11-24)12-25-17-6-7-17)9-10-21-20(22)8-5-15(2)27(21)23(28)29-3/h9-12,15,17-18,24-25H,4-8,13-14H2,1-3H3/b16-12+,24-11?/t15-/m0/s1. The number of hydrogen-bond donors (Lipinski definition) is 2. The minimum absolute atomic E-state index is 0.0669. The Balaban J connectivity index is 1.73. The van der Waals surface area contributed by atoms with Crippen LogP contribution in [-0.4, -0.2) is 62.1 Å². The number of amides is 1. The predicted molar refractivity (Wildman–Crippen MR) is 119 cm³/mol. The molecule has 4 rings (SSSR count). The lowest BCUT2D eigenvalue weighted by Gasteiger charge is -2.40. The number of nitrogens with zero attached hydrogens (tertiary/aromatic N) is 2. The lowest BCUT2D eigenvalue weighted by Crippen LogP contribution is -2.53. The van der Waals surface area contributed by atoms with Gasteiger partial charge in [-0.05, 0) is 51.3 Å². The second-order valence-electron chi connectivity index (χ2n) is 8.44. The van der Waals surface area contributed by atoms with E-state index in [1.807, 2.05) is 25.3 Å². The highest BCUT2D eigenvalue weighted by Gasteiger charge is 2.34. The number of carbonyl (C=O) groups is 1. The van der Waals surface area contributed by atoms with Crippen LogP contribution in [0.15, 0.2) is 18.3 Å². The molecule has 2 heterocycles. The van der Waals surface area contributed by atoms with Gasteiger partial charge in [-0.1, -0.05) is 6.92 Å². The van der Waals surface area contributed by atoms with E-state index in [2.05, 4.69) is 17.1 Å². The van der Waals surface area contributed by atoms with Gasteiger partial charge < -0.3 is 20.2 Å². The van der Waals surface area contributed by atoms with Gasteiger partial charge in [-0.2, -0.15) is 0 Å². The Bertz CT molecular complexity index is 843. The summed E-state index contributed by atoms with van der Waals surface area (Å²) in [5.74, 6) is 0.807. The van der Waals surface area contributed by atoms with Gasteiger partial charge >= 0.3 is 6.09 Å². The van der Waals surface area contributed by atoms with Gasteiger partial charge in [0, 0.05) is 54.3 Å². The van der Waals surface area contributed by atoms with Crippen LogP contribution >= 0.6 is 0 Å². The van der Waals surface area contributed by atoms with Crippen LogP contribution in [0.3, 0.4) is 0 Å². The SMILES string of the molecule is CCN1CC(Oc2c(/C(C=N)=C/NC3CC3)ccc3c2CC[C@H](C)N3C(=O)OC)C1. The monoisotopic (exact) mass is 412 g/mol. The van der Waals surface area contributed by atoms with E-state index < -0.39 is 0 Å². The Morgan fingerprint density at radius 2 is 2.07 bits per heavy atom. The molecule has 0 bridgehead atoms. The fourth-order valence-corrected chi connectivity index (χ4v) is 4.22. The van der Waals surface area contributed by atoms with Crippen LogP contribution in [-0.2, 0) is 11.2 Å². The van der Waals surface area contributed by atoms with Gasteiger partial charge in [-0.25, -0.2) is 4.79 Å². The van der Waals surface area contributed by atoms with E-state index in [0.29, 0.717) is 6.04 Å². The number of likely N-dealkylation sites (tertiary alicyclic amines) is 1. The van der Waals surface area contributed by atoms with Crippen molar-refractivity contribution >= 4 is 23.6 Å². The first-order valence-electron chi connectivity index (χ1n) is 10.9. The third-order valence-corrected chi connectivity index (χ3v) is 6.29. The Morgan fingerprint density at radius 1 is 1.30 bits per heavy atom. The second kappa shape index (κ2) is 8.68. The topological polar surface area (TPSA) is 77.9 Å². The smallest absolute Gasteiger partial charge is 0.414 e. The molecular formula is C23H32N4O3. The van der Waals surface area contributed by atoms with Gasteiger partial charge in [-0.15, -0.1) is 0 Å². The van der Waals surface area contributed by atoms with Crippen molar-refractivity contribution in [2.24, 2.45) is 0 Å². The average molecular weight is 413 g/mol. The van der Waals surface area contributed by atoms with Crippen molar-refractivity contribution in [1.82, 2.24) is 10.2 Å². The van der Waals surface area contributed by atoms with E-state index >= 15 is 0 Å². The molecule has 2 fully saturated rings. The van der Waals surface area contributed by atoms with Crippen LogP contribution in [0.2, 0.25) is 0 Å². The summed E-state index contributed by atoms with van der Waals surface area (Å²) in [5, 5.41) is 11.4. The molecule has 2 N–H and O–H groups in total. The van der Waals surface area contributed by atoms with Crippen LogP contribution in [0.5, 0.6) is 5.75 Å². The number of anilines is 1. The van der Waals surface area contributed by atoms with Gasteiger partial charge in [0.1, 0.15) is 11.9 Å². The van der Waals surface area contributed by atoms with Crippen LogP contribution in [0, 0.1) is 5.41 Å². The number of allylic oxidation sites excluding steroid dienone is 1. The van der Waals surface area contributed by atoms with E-state index in [1.165, 1.54) is 26.2 Å². The lowest BCUT2D eigenvalue weighted by atomic mass is 9.92. The zero-order chi connectivity index (χ0) is 21.3. The molecule has 1 atom stereocenters. The first-order chi connectivity index (χ1) is 14.5. The number of ether oxygens (including phenoxy) is 2. The molecule has 1 aliphatic carbocycles. The van der Waals surface area contributed by atoms with Crippen LogP contribution < -0.4 is 15.0 Å². The maximum Gasteiger partial charge on any atom is 0.414 e. The summed E-state index contributed by atoms with van der Waals surface area (Å²) >= 11 is 0. The average Bonchev–Trinajstić information content (AvgIpc) is 3.55. The second-order valence-corrected chi connectivity index (χ2v) is 8.44. The molecule has 7 heteroatoms. The normalized spacial score (nSPS) is 22.2. The number of methoxy groups -OCH3 is 1. The molecule has 1 saturated carbocycles. The molecule has 162 valence electrons. The maximum atomic E-state index is 12.5. The van der Waals surface area contributed by atoms with Gasteiger partial charge in [-0.3, -0.25) is 9.80 Å². The Labute approximate surface area is 178 Å². The predicted octanol–water partition coefficient (Wildman–Crippen LogP) is 3.42. The number of likely N-dealkylation sites (N-methyl/N-ethyl adjacent to an activating group) is 1. The van der Waals surface area contributed by atoms with Crippen LogP contribution in [0.1, 0.15) is 44.2 Å². The van der Waals surface area contributed by atoms with Crippen molar-refractivity contribution < 1.29 is 14.3 Å². The largest absolute Gasteiger partial charge is 0.487 e. The van der Waals surface area contributed by atoms with E-state index in [0.717, 1.165) is 60.6 Å². The summed E-state index contributed by atoms with van der Waals surface area (Å²) in [7, 11) is 1.42. The molecule has 0 radical (unpaired) electrons. The van der Waals surface area contributed by atoms with Crippen LogP contribution in [0.4, 0.5) is 10.5 Å². The molecule has 0 aromatic heterocycles. The number of rotatable bonds is 7. The van der Waals surface area contributed by atoms with E-state index in [4.69, 9.17) is 14.9 Å². The number of benzene rings is 1. The first-order valence-corrected chi connectivity index (χ1v) is 10.9. The van der Waals surface area contributed by atoms with Gasteiger partial charge in [0.15, 0.2) is 0 Å². The zero-order valence-electron chi connectivity index (χ0n) is 18.1. The summed E-state index contributed by atoms with van der Waals surface area (Å²) in [6.07, 6.45) is 7.13. The highest BCUT2D eigenvalue weighted by Crippen LogP contribution is 2.42. The minimum Gasteiger partial charge on any atom is -0.487 e. The van der Waals surface area contributed by atoms with E-state index in [9.17, 15) is 4.79 Å². The third kappa shape index (κ3) is 4.03. The zero-order valence-corrected chi connectivity index (χ0v) is 18.1. The quantitative estimate of drug-likeness (QED) is 0.671. The van der Waals surface area contributed by atoms with Gasteiger partial charge in [0.05, 0.1) is 12.8 Å². The van der Waals surface area contributed by atoms with Crippen LogP contribution in [0.25, 0.3) is 5.57 Å². The Morgan fingerprint density at radius 3 is 2.70 bits per heavy atom. The summed E-state index contributed by atoms with van der Waals surface area (Å²) in [4.78, 5) is 16.5. The number of fused-ring (bicyclic) bond motifs is 1. The van der Waals surface area contributed by atoms with E-state index in [1.54, 1.807) is 4.90 Å². The maximum absolute atomic E-state index is 12.5. The van der Waals surface area contributed by atoms with Crippen molar-refractivity contribution in [3.63, 3.8) is 0 Å². The molecule has 0 unspecified atom stereocenters. The number of carbonyl (C=O) groups excluding carboxylic acids is 1. The molecule has 1 aromatic carbocycles. The molecular weight excluding hydrogens is 380 g/mol. The molecule has 1 aromatic rings. The molecule has 30 heavy (non-hydrogen) atoms. The van der Waals surface area contributed by atoms with Crippen molar-refractivity contribution in [3.05, 3.63) is 29.5 Å². The molecule has 7 nitrogen and oxygen atoms in total. The summed E-state index contributed by atoms with van der Waals surface area (Å²) in [5.41, 5.74) is 3.59. The Kier molecular flexibility index (Phi) is 5.99. The third-order valence-electron chi connectivity index (χ3n) is 6.29. The van der Waals surface area contributed by atoms with Crippen molar-refractivity contribution in [2.45, 2.75) is 57.7 Å². The number of nitrogens with one attached hydrogen (secondary N) is 2. The summed E-state index contributed by atoms with van der Waals surface area (Å²) < 4.78 is 11.6. The van der Waals surface area contributed by atoms with Gasteiger partial charge in [0.25, 0.3) is 0 Å². The lowest BCUT2D eigenvalue weighted by molar-refractivity contribution is 0.0230. The Hall–Kier alpha value is -2.54. The number of hydrogen-bond acceptors (Lipinski definition) is 6. The summed E-state index contributed by atoms with van der Waals surface area (Å²) in [6, 6.07) is 4.53. The van der Waals surface area contributed by atoms with Crippen molar-refractivity contribution in [1.29, 1.82) is 5.41 Å². The van der Waals surface area contributed by atoms with Crippen molar-refractivity contribution in [2.75, 3.05) is 31.6 Å². The first kappa shape index (κ1) is 20.7. The van der Waals surface area contributed by atoms with Crippen molar-refractivity contribution in [3.8, 4) is 5.75 Å². The van der Waals surface area contributed by atoms with E-state index in [-0.39, 0.29) is 18.2 Å². The fraction of sp³-hybridized carbons (Fsp3) is 0.565. The molecule has 2 aliphatic heterocycles.